The maximum Gasteiger partial charge on any atom is 0.227 e. The average Bonchev–Trinajstić information content (AvgIpc) is 3.66. The molecule has 2 aliphatic carbocycles. The van der Waals surface area contributed by atoms with E-state index >= 15 is 0 Å². The lowest BCUT2D eigenvalue weighted by atomic mass is 9.74. The second-order valence-corrected chi connectivity index (χ2v) is 13.3. The average molecular weight is 607 g/mol. The van der Waals surface area contributed by atoms with E-state index in [1.54, 1.807) is 0 Å². The number of para-hydroxylation sites is 1. The Labute approximate surface area is 275 Å². The number of hydrogen-bond donors (Lipinski definition) is 0. The first-order valence-corrected chi connectivity index (χ1v) is 16.4. The zero-order valence-electron chi connectivity index (χ0n) is 26.5. The SMILES string of the molecule is CC1(C)c2ccccc2C2C=C(N(c3ccccc3)c3ccc(-c4ccc5c(ccc6oc(-c7ccccc7)nc65)c4)cc3)C=CC21. The summed E-state index contributed by atoms with van der Waals surface area (Å²) in [5, 5.41) is 2.24. The Morgan fingerprint density at radius 1 is 0.660 bits per heavy atom. The smallest absolute Gasteiger partial charge is 0.227 e. The third-order valence-electron chi connectivity index (χ3n) is 10.2. The highest BCUT2D eigenvalue weighted by molar-refractivity contribution is 6.05. The molecule has 0 radical (unpaired) electrons. The zero-order chi connectivity index (χ0) is 31.5. The number of fused-ring (bicyclic) bond motifs is 6. The fourth-order valence-corrected chi connectivity index (χ4v) is 7.77. The molecule has 226 valence electrons. The Balaban J connectivity index is 1.07. The molecule has 3 heteroatoms. The number of aromatic nitrogens is 1. The van der Waals surface area contributed by atoms with Crippen LogP contribution in [0, 0.1) is 5.92 Å². The molecule has 2 unspecified atom stereocenters. The molecule has 0 saturated heterocycles. The van der Waals surface area contributed by atoms with Crippen LogP contribution in [0.15, 0.2) is 168 Å². The van der Waals surface area contributed by atoms with E-state index in [0.717, 1.165) is 38.8 Å². The minimum absolute atomic E-state index is 0.0997. The first kappa shape index (κ1) is 27.6. The molecule has 0 fully saturated rings. The van der Waals surface area contributed by atoms with Gasteiger partial charge in [-0.15, -0.1) is 0 Å². The van der Waals surface area contributed by atoms with E-state index in [1.165, 1.54) is 28.0 Å². The van der Waals surface area contributed by atoms with Crippen LogP contribution in [0.4, 0.5) is 11.4 Å². The molecule has 0 saturated carbocycles. The van der Waals surface area contributed by atoms with Crippen molar-refractivity contribution in [3.05, 3.63) is 175 Å². The lowest BCUT2D eigenvalue weighted by Gasteiger charge is -2.34. The second-order valence-electron chi connectivity index (χ2n) is 13.3. The minimum atomic E-state index is 0.0997. The fourth-order valence-electron chi connectivity index (χ4n) is 7.77. The summed E-state index contributed by atoms with van der Waals surface area (Å²) >= 11 is 0. The summed E-state index contributed by atoms with van der Waals surface area (Å²) in [6.07, 6.45) is 7.25. The van der Waals surface area contributed by atoms with E-state index in [9.17, 15) is 0 Å². The molecule has 47 heavy (non-hydrogen) atoms. The van der Waals surface area contributed by atoms with Crippen molar-refractivity contribution in [2.75, 3.05) is 4.90 Å². The van der Waals surface area contributed by atoms with Gasteiger partial charge in [0.25, 0.3) is 0 Å². The third kappa shape index (κ3) is 4.53. The quantitative estimate of drug-likeness (QED) is 0.195. The molecule has 9 rings (SSSR count). The molecule has 3 nitrogen and oxygen atoms in total. The maximum absolute atomic E-state index is 6.12. The summed E-state index contributed by atoms with van der Waals surface area (Å²) in [4.78, 5) is 7.26. The molecule has 1 aromatic heterocycles. The van der Waals surface area contributed by atoms with Crippen molar-refractivity contribution in [2.45, 2.75) is 25.2 Å². The van der Waals surface area contributed by atoms with E-state index in [-0.39, 0.29) is 5.41 Å². The highest BCUT2D eigenvalue weighted by Crippen LogP contribution is 2.54. The monoisotopic (exact) mass is 606 g/mol. The summed E-state index contributed by atoms with van der Waals surface area (Å²) < 4.78 is 6.12. The summed E-state index contributed by atoms with van der Waals surface area (Å²) in [6, 6.07) is 49.5. The number of hydrogen-bond acceptors (Lipinski definition) is 3. The first-order chi connectivity index (χ1) is 23.0. The van der Waals surface area contributed by atoms with Gasteiger partial charge >= 0.3 is 0 Å². The van der Waals surface area contributed by atoms with Gasteiger partial charge < -0.3 is 9.32 Å². The predicted octanol–water partition coefficient (Wildman–Crippen LogP) is 11.6. The van der Waals surface area contributed by atoms with Crippen LogP contribution in [-0.2, 0) is 5.41 Å². The van der Waals surface area contributed by atoms with E-state index in [4.69, 9.17) is 9.40 Å². The van der Waals surface area contributed by atoms with Gasteiger partial charge in [0.15, 0.2) is 5.58 Å². The number of rotatable bonds is 5. The van der Waals surface area contributed by atoms with Crippen LogP contribution >= 0.6 is 0 Å². The van der Waals surface area contributed by atoms with Crippen molar-refractivity contribution < 1.29 is 4.42 Å². The first-order valence-electron chi connectivity index (χ1n) is 16.4. The summed E-state index contributed by atoms with van der Waals surface area (Å²) in [5.41, 5.74) is 11.5. The Bertz CT molecular complexity index is 2330. The van der Waals surface area contributed by atoms with E-state index in [1.807, 2.05) is 36.4 Å². The van der Waals surface area contributed by atoms with Crippen molar-refractivity contribution in [1.29, 1.82) is 0 Å². The molecule has 1 heterocycles. The van der Waals surface area contributed by atoms with Crippen LogP contribution in [0.2, 0.25) is 0 Å². The summed E-state index contributed by atoms with van der Waals surface area (Å²) in [6.45, 7) is 4.77. The lowest BCUT2D eigenvalue weighted by Crippen LogP contribution is -2.27. The summed E-state index contributed by atoms with van der Waals surface area (Å²) in [5.74, 6) is 1.44. The second kappa shape index (κ2) is 10.7. The maximum atomic E-state index is 6.12. The third-order valence-corrected chi connectivity index (χ3v) is 10.2. The fraction of sp³-hybridized carbons (Fsp3) is 0.114. The Morgan fingerprint density at radius 3 is 2.17 bits per heavy atom. The van der Waals surface area contributed by atoms with Gasteiger partial charge in [-0.1, -0.05) is 117 Å². The van der Waals surface area contributed by atoms with Crippen LogP contribution in [0.5, 0.6) is 0 Å². The van der Waals surface area contributed by atoms with Gasteiger partial charge in [-0.25, -0.2) is 4.98 Å². The minimum Gasteiger partial charge on any atom is -0.436 e. The Hall–Kier alpha value is -5.67. The molecule has 0 amide bonds. The van der Waals surface area contributed by atoms with Gasteiger partial charge in [0.05, 0.1) is 0 Å². The summed E-state index contributed by atoms with van der Waals surface area (Å²) in [7, 11) is 0. The van der Waals surface area contributed by atoms with E-state index in [2.05, 4.69) is 140 Å². The molecule has 7 aromatic rings. The Kier molecular flexibility index (Phi) is 6.29. The number of anilines is 2. The molecule has 0 aliphatic heterocycles. The van der Waals surface area contributed by atoms with Gasteiger partial charge in [0, 0.05) is 33.9 Å². The molecular weight excluding hydrogens is 572 g/mol. The van der Waals surface area contributed by atoms with Crippen molar-refractivity contribution in [3.8, 4) is 22.6 Å². The van der Waals surface area contributed by atoms with Crippen molar-refractivity contribution >= 4 is 33.2 Å². The normalized spacial score (nSPS) is 17.8. The van der Waals surface area contributed by atoms with Gasteiger partial charge in [0.1, 0.15) is 5.52 Å². The lowest BCUT2D eigenvalue weighted by molar-refractivity contribution is 0.393. The molecule has 0 N–H and O–H groups in total. The highest BCUT2D eigenvalue weighted by Gasteiger charge is 2.45. The number of benzene rings is 6. The number of nitrogens with zero attached hydrogens (tertiary/aromatic N) is 2. The van der Waals surface area contributed by atoms with E-state index < -0.39 is 0 Å². The van der Waals surface area contributed by atoms with Crippen LogP contribution in [0.25, 0.3) is 44.5 Å². The van der Waals surface area contributed by atoms with Gasteiger partial charge in [-0.3, -0.25) is 0 Å². The largest absolute Gasteiger partial charge is 0.436 e. The molecule has 0 bridgehead atoms. The zero-order valence-corrected chi connectivity index (χ0v) is 26.5. The van der Waals surface area contributed by atoms with Gasteiger partial charge in [0.2, 0.25) is 5.89 Å². The van der Waals surface area contributed by atoms with Crippen molar-refractivity contribution in [3.63, 3.8) is 0 Å². The van der Waals surface area contributed by atoms with Gasteiger partial charge in [-0.05, 0) is 93.6 Å². The number of allylic oxidation sites excluding steroid dienone is 3. The standard InChI is InChI=1S/C44H34N2O/c1-44(2)39-16-10-9-15-37(39)38-28-35(23-25-40(38)44)46(33-13-7-4-8-14-33)34-21-17-29(18-22-34)31-19-24-36-32(27-31)20-26-41-42(36)45-43(47-41)30-11-5-3-6-12-30/h3-28,38,40H,1-2H3. The van der Waals surface area contributed by atoms with Crippen LogP contribution < -0.4 is 4.90 Å². The van der Waals surface area contributed by atoms with Crippen LogP contribution in [0.3, 0.4) is 0 Å². The molecule has 2 atom stereocenters. The molecule has 0 spiro atoms. The topological polar surface area (TPSA) is 29.3 Å². The Morgan fingerprint density at radius 2 is 1.36 bits per heavy atom. The van der Waals surface area contributed by atoms with E-state index in [0.29, 0.717) is 17.7 Å². The van der Waals surface area contributed by atoms with Gasteiger partial charge in [-0.2, -0.15) is 0 Å². The number of oxazole rings is 1. The molecule has 2 aliphatic rings. The molecule has 6 aromatic carbocycles. The predicted molar refractivity (Wildman–Crippen MR) is 194 cm³/mol. The highest BCUT2D eigenvalue weighted by atomic mass is 16.3. The van der Waals surface area contributed by atoms with Crippen LogP contribution in [0.1, 0.15) is 30.9 Å². The molecular formula is C44H34N2O. The van der Waals surface area contributed by atoms with Crippen molar-refractivity contribution in [1.82, 2.24) is 4.98 Å². The van der Waals surface area contributed by atoms with Crippen LogP contribution in [-0.4, -0.2) is 4.98 Å². The van der Waals surface area contributed by atoms with Crippen molar-refractivity contribution in [2.24, 2.45) is 5.92 Å².